The number of rotatable bonds is 48. The second-order valence-corrected chi connectivity index (χ2v) is 17.8. The average Bonchev–Trinajstić information content (AvgIpc) is 3.31. The topological polar surface area (TPSA) is 78.9 Å². The van der Waals surface area contributed by atoms with Crippen LogP contribution in [0.1, 0.15) is 245 Å². The van der Waals surface area contributed by atoms with Crippen LogP contribution in [-0.4, -0.2) is 37.2 Å². The van der Waals surface area contributed by atoms with E-state index >= 15 is 0 Å². The zero-order valence-electron chi connectivity index (χ0n) is 42.9. The molecule has 0 fully saturated rings. The fourth-order valence-electron chi connectivity index (χ4n) is 7.28. The predicted octanol–water partition coefficient (Wildman–Crippen LogP) is 18.1. The Morgan fingerprint density at radius 2 is 0.667 bits per heavy atom. The zero-order valence-corrected chi connectivity index (χ0v) is 42.9. The lowest BCUT2D eigenvalue weighted by Crippen LogP contribution is -2.30. The van der Waals surface area contributed by atoms with Gasteiger partial charge in [-0.2, -0.15) is 0 Å². The molecule has 0 aliphatic heterocycles. The Kier molecular flexibility index (Phi) is 50.9. The van der Waals surface area contributed by atoms with Crippen LogP contribution < -0.4 is 0 Å². The van der Waals surface area contributed by atoms with Crippen LogP contribution in [0.3, 0.4) is 0 Å². The molecule has 1 unspecified atom stereocenters. The first-order valence-electron chi connectivity index (χ1n) is 27.3. The molecule has 0 bridgehead atoms. The van der Waals surface area contributed by atoms with Crippen LogP contribution >= 0.6 is 0 Å². The molecule has 0 saturated carbocycles. The molecule has 0 saturated heterocycles. The average molecular weight is 917 g/mol. The van der Waals surface area contributed by atoms with Crippen LogP contribution in [0.4, 0.5) is 0 Å². The van der Waals surface area contributed by atoms with Crippen LogP contribution in [0.2, 0.25) is 0 Å². The smallest absolute Gasteiger partial charge is 0.306 e. The van der Waals surface area contributed by atoms with Crippen LogP contribution in [0, 0.1) is 0 Å². The van der Waals surface area contributed by atoms with Gasteiger partial charge in [-0.1, -0.05) is 240 Å². The van der Waals surface area contributed by atoms with E-state index in [1.165, 1.54) is 103 Å². The first-order chi connectivity index (χ1) is 32.5. The van der Waals surface area contributed by atoms with Gasteiger partial charge in [-0.25, -0.2) is 0 Å². The van der Waals surface area contributed by atoms with Crippen molar-refractivity contribution in [3.8, 4) is 0 Å². The molecule has 0 aromatic heterocycles. The van der Waals surface area contributed by atoms with E-state index in [9.17, 15) is 14.4 Å². The highest BCUT2D eigenvalue weighted by Crippen LogP contribution is 2.14. The maximum absolute atomic E-state index is 12.8. The van der Waals surface area contributed by atoms with Crippen molar-refractivity contribution in [3.63, 3.8) is 0 Å². The van der Waals surface area contributed by atoms with E-state index in [1.54, 1.807) is 0 Å². The minimum atomic E-state index is -0.815. The van der Waals surface area contributed by atoms with Gasteiger partial charge in [-0.3, -0.25) is 14.4 Å². The van der Waals surface area contributed by atoms with Crippen LogP contribution in [0.15, 0.2) is 97.2 Å². The van der Waals surface area contributed by atoms with E-state index in [-0.39, 0.29) is 37.5 Å². The molecular weight excluding hydrogens is 817 g/mol. The zero-order chi connectivity index (χ0) is 47.9. The lowest BCUT2D eigenvalue weighted by molar-refractivity contribution is -0.166. The summed E-state index contributed by atoms with van der Waals surface area (Å²) in [7, 11) is 0. The molecule has 0 amide bonds. The summed E-state index contributed by atoms with van der Waals surface area (Å²) in [5.41, 5.74) is 0. The monoisotopic (exact) mass is 917 g/mol. The predicted molar refractivity (Wildman–Crippen MR) is 284 cm³/mol. The van der Waals surface area contributed by atoms with Gasteiger partial charge in [0, 0.05) is 19.3 Å². The standard InChI is InChI=1S/C60H100O6/c1-4-7-10-13-16-19-22-24-26-28-30-32-33-35-38-41-44-47-50-53-59(62)65-56-57(55-64-58(61)52-49-46-43-40-37-21-18-15-12-9-6-3)66-60(63)54-51-48-45-42-39-36-34-31-29-27-25-23-20-17-14-11-8-5-2/h7,10,16,19,24,26-27,29-32,34-35,38,44,47,57H,4-6,8-9,11-15,17-18,20-23,25,28,33,36-37,39-43,45-46,48-56H2,1-3H3/b10-7-,19-16-,26-24-,29-27-,32-30-,34-31-,38-35-,47-44-. The number of esters is 3. The maximum atomic E-state index is 12.8. The normalized spacial score (nSPS) is 12.8. The van der Waals surface area contributed by atoms with Crippen molar-refractivity contribution in [1.29, 1.82) is 0 Å². The molecule has 0 N–H and O–H groups in total. The second kappa shape index (κ2) is 53.9. The van der Waals surface area contributed by atoms with Gasteiger partial charge in [-0.15, -0.1) is 0 Å². The van der Waals surface area contributed by atoms with E-state index in [1.807, 2.05) is 6.08 Å². The fraction of sp³-hybridized carbons (Fsp3) is 0.683. The molecule has 0 aromatic rings. The van der Waals surface area contributed by atoms with Gasteiger partial charge < -0.3 is 14.2 Å². The van der Waals surface area contributed by atoms with Gasteiger partial charge in [0.1, 0.15) is 13.2 Å². The molecule has 0 spiro atoms. The van der Waals surface area contributed by atoms with Crippen molar-refractivity contribution in [2.24, 2.45) is 0 Å². The van der Waals surface area contributed by atoms with E-state index in [4.69, 9.17) is 14.2 Å². The lowest BCUT2D eigenvalue weighted by Gasteiger charge is -2.18. The third kappa shape index (κ3) is 51.3. The Morgan fingerprint density at radius 1 is 0.333 bits per heavy atom. The Labute approximate surface area is 407 Å². The maximum Gasteiger partial charge on any atom is 0.306 e. The quantitative estimate of drug-likeness (QED) is 0.0199. The van der Waals surface area contributed by atoms with Crippen molar-refractivity contribution >= 4 is 17.9 Å². The number of carbonyl (C=O) groups excluding carboxylic acids is 3. The molecule has 0 aromatic carbocycles. The van der Waals surface area contributed by atoms with Gasteiger partial charge in [0.2, 0.25) is 0 Å². The van der Waals surface area contributed by atoms with Crippen molar-refractivity contribution in [3.05, 3.63) is 97.2 Å². The fourth-order valence-corrected chi connectivity index (χ4v) is 7.28. The van der Waals surface area contributed by atoms with E-state index in [0.717, 1.165) is 96.3 Å². The highest BCUT2D eigenvalue weighted by molar-refractivity contribution is 5.71. The minimum absolute atomic E-state index is 0.106. The number of allylic oxidation sites excluding steroid dienone is 16. The Bertz CT molecular complexity index is 1330. The van der Waals surface area contributed by atoms with E-state index < -0.39 is 6.10 Å². The molecule has 0 rings (SSSR count). The summed E-state index contributed by atoms with van der Waals surface area (Å²) in [6.45, 7) is 6.43. The van der Waals surface area contributed by atoms with Crippen LogP contribution in [0.25, 0.3) is 0 Å². The summed E-state index contributed by atoms with van der Waals surface area (Å²) >= 11 is 0. The summed E-state index contributed by atoms with van der Waals surface area (Å²) in [5, 5.41) is 0. The number of unbranched alkanes of at least 4 members (excludes halogenated alkanes) is 22. The molecule has 66 heavy (non-hydrogen) atoms. The Balaban J connectivity index is 4.50. The van der Waals surface area contributed by atoms with Crippen molar-refractivity contribution in [1.82, 2.24) is 0 Å². The van der Waals surface area contributed by atoms with Crippen LogP contribution in [0.5, 0.6) is 0 Å². The van der Waals surface area contributed by atoms with Gasteiger partial charge in [0.25, 0.3) is 0 Å². The second-order valence-electron chi connectivity index (χ2n) is 17.8. The van der Waals surface area contributed by atoms with E-state index in [0.29, 0.717) is 19.3 Å². The van der Waals surface area contributed by atoms with E-state index in [2.05, 4.69) is 112 Å². The lowest BCUT2D eigenvalue weighted by atomic mass is 10.1. The molecule has 0 aliphatic carbocycles. The van der Waals surface area contributed by atoms with Crippen molar-refractivity contribution in [2.45, 2.75) is 252 Å². The summed E-state index contributed by atoms with van der Waals surface area (Å²) in [4.78, 5) is 38.0. The van der Waals surface area contributed by atoms with Gasteiger partial charge in [0.15, 0.2) is 6.10 Å². The molecule has 376 valence electrons. The minimum Gasteiger partial charge on any atom is -0.462 e. The Morgan fingerprint density at radius 3 is 1.08 bits per heavy atom. The Hall–Kier alpha value is -3.67. The first kappa shape index (κ1) is 62.3. The van der Waals surface area contributed by atoms with Crippen molar-refractivity contribution < 1.29 is 28.6 Å². The third-order valence-electron chi connectivity index (χ3n) is 11.4. The van der Waals surface area contributed by atoms with Crippen molar-refractivity contribution in [2.75, 3.05) is 13.2 Å². The molecule has 1 atom stereocenters. The highest BCUT2D eigenvalue weighted by atomic mass is 16.6. The number of hydrogen-bond acceptors (Lipinski definition) is 6. The molecule has 6 nitrogen and oxygen atoms in total. The van der Waals surface area contributed by atoms with Gasteiger partial charge >= 0.3 is 17.9 Å². The number of hydrogen-bond donors (Lipinski definition) is 0. The SMILES string of the molecule is CC/C=C\C/C=C\C/C=C\C/C=C\C/C=C\C/C=C\CCC(=O)OCC(COC(=O)CCCCCCCCCCCCC)OC(=O)CCCCCCC/C=C\C=C/CCCCCCCCC. The van der Waals surface area contributed by atoms with Gasteiger partial charge in [0.05, 0.1) is 0 Å². The molecule has 0 aliphatic rings. The molecule has 0 radical (unpaired) electrons. The largest absolute Gasteiger partial charge is 0.462 e. The molecular formula is C60H100O6. The summed E-state index contributed by atoms with van der Waals surface area (Å²) in [6.07, 6.45) is 71.2. The molecule has 6 heteroatoms. The highest BCUT2D eigenvalue weighted by Gasteiger charge is 2.19. The number of carbonyl (C=O) groups is 3. The summed E-state index contributed by atoms with van der Waals surface area (Å²) in [5.74, 6) is -1.01. The number of ether oxygens (including phenoxy) is 3. The first-order valence-corrected chi connectivity index (χ1v) is 27.3. The summed E-state index contributed by atoms with van der Waals surface area (Å²) in [6, 6.07) is 0. The van der Waals surface area contributed by atoms with Crippen LogP contribution in [-0.2, 0) is 28.6 Å². The summed E-state index contributed by atoms with van der Waals surface area (Å²) < 4.78 is 16.7. The molecule has 0 heterocycles. The van der Waals surface area contributed by atoms with Gasteiger partial charge in [-0.05, 0) is 83.5 Å². The third-order valence-corrected chi connectivity index (χ3v) is 11.4.